The average molecular weight is 426 g/mol. The zero-order valence-corrected chi connectivity index (χ0v) is 17.2. The number of benzene rings is 2. The number of nitrogens with zero attached hydrogens (tertiary/aromatic N) is 3. The molecule has 4 nitrogen and oxygen atoms in total. The zero-order chi connectivity index (χ0) is 21.4. The number of aromatic nitrogens is 2. The van der Waals surface area contributed by atoms with Crippen molar-refractivity contribution < 1.29 is 13.2 Å². The number of fused-ring (bicyclic) bond motifs is 1. The summed E-state index contributed by atoms with van der Waals surface area (Å²) in [4.78, 5) is 2.59. The van der Waals surface area contributed by atoms with E-state index < -0.39 is 11.7 Å². The molecule has 2 fully saturated rings. The number of likely N-dealkylation sites (tertiary alicyclic amines) is 1. The first-order chi connectivity index (χ1) is 15.0. The van der Waals surface area contributed by atoms with Gasteiger partial charge in [-0.1, -0.05) is 42.8 Å². The summed E-state index contributed by atoms with van der Waals surface area (Å²) < 4.78 is 38.7. The predicted molar refractivity (Wildman–Crippen MR) is 116 cm³/mol. The summed E-state index contributed by atoms with van der Waals surface area (Å²) in [6.07, 6.45) is 1.85. The Kier molecular flexibility index (Phi) is 5.30. The van der Waals surface area contributed by atoms with Gasteiger partial charge in [-0.3, -0.25) is 4.90 Å². The van der Waals surface area contributed by atoms with E-state index in [1.165, 1.54) is 44.4 Å². The van der Waals surface area contributed by atoms with E-state index in [2.05, 4.69) is 20.4 Å². The molecule has 31 heavy (non-hydrogen) atoms. The van der Waals surface area contributed by atoms with Crippen molar-refractivity contribution in [1.29, 1.82) is 0 Å². The zero-order valence-electron chi connectivity index (χ0n) is 17.2. The normalized spacial score (nSPS) is 20.5. The van der Waals surface area contributed by atoms with Crippen LogP contribution in [0.15, 0.2) is 48.5 Å². The molecule has 2 heterocycles. The lowest BCUT2D eigenvalue weighted by atomic mass is 9.89. The van der Waals surface area contributed by atoms with E-state index >= 15 is 0 Å². The minimum absolute atomic E-state index is 0.323. The Balaban J connectivity index is 1.42. The molecule has 1 aliphatic carbocycles. The molecule has 1 aromatic heterocycles. The molecule has 1 aliphatic heterocycles. The van der Waals surface area contributed by atoms with Gasteiger partial charge in [0.1, 0.15) is 5.69 Å². The second kappa shape index (κ2) is 8.11. The lowest BCUT2D eigenvalue weighted by Crippen LogP contribution is -2.49. The molecule has 0 amide bonds. The number of hydrogen-bond donors (Lipinski definition) is 1. The van der Waals surface area contributed by atoms with Gasteiger partial charge >= 0.3 is 6.18 Å². The van der Waals surface area contributed by atoms with Crippen molar-refractivity contribution in [1.82, 2.24) is 15.1 Å². The number of rotatable bonds is 4. The average Bonchev–Trinajstić information content (AvgIpc) is 2.73. The molecule has 1 saturated heterocycles. The lowest BCUT2D eigenvalue weighted by Gasteiger charge is -2.42. The first-order valence-electron chi connectivity index (χ1n) is 10.9. The smallest absolute Gasteiger partial charge is 0.364 e. The van der Waals surface area contributed by atoms with Crippen LogP contribution in [0.25, 0.3) is 22.0 Å². The van der Waals surface area contributed by atoms with Crippen molar-refractivity contribution in [2.75, 3.05) is 18.4 Å². The maximum absolute atomic E-state index is 12.9. The van der Waals surface area contributed by atoms with Crippen molar-refractivity contribution in [3.63, 3.8) is 0 Å². The fraction of sp³-hybridized carbons (Fsp3) is 0.417. The fourth-order valence-corrected chi connectivity index (χ4v) is 4.64. The Morgan fingerprint density at radius 3 is 2.29 bits per heavy atom. The standard InChI is InChI=1S/C24H25F3N4/c25-24(26,27)17-12-10-16(11-13-17)22-20-8-1-2-9-21(20)23(30-29-22)28-18-5-4-14-31(15-18)19-6-3-7-19/h1-2,8-13,18-19H,3-7,14-15H2,(H,28,30). The molecule has 162 valence electrons. The lowest BCUT2D eigenvalue weighted by molar-refractivity contribution is -0.137. The number of alkyl halides is 3. The molecule has 1 unspecified atom stereocenters. The van der Waals surface area contributed by atoms with Crippen LogP contribution in [0.4, 0.5) is 19.0 Å². The minimum Gasteiger partial charge on any atom is -0.364 e. The molecule has 5 rings (SSSR count). The van der Waals surface area contributed by atoms with Gasteiger partial charge in [-0.15, -0.1) is 10.2 Å². The van der Waals surface area contributed by atoms with Gasteiger partial charge in [-0.05, 0) is 44.4 Å². The van der Waals surface area contributed by atoms with Crippen LogP contribution in [0.3, 0.4) is 0 Å². The van der Waals surface area contributed by atoms with Crippen molar-refractivity contribution in [2.24, 2.45) is 0 Å². The summed E-state index contributed by atoms with van der Waals surface area (Å²) in [5, 5.41) is 14.3. The monoisotopic (exact) mass is 426 g/mol. The van der Waals surface area contributed by atoms with Crippen LogP contribution in [0.1, 0.15) is 37.7 Å². The highest BCUT2D eigenvalue weighted by Gasteiger charge is 2.31. The molecule has 3 aromatic rings. The van der Waals surface area contributed by atoms with Gasteiger partial charge in [0, 0.05) is 35.0 Å². The van der Waals surface area contributed by atoms with Gasteiger partial charge in [0.25, 0.3) is 0 Å². The Bertz CT molecular complexity index is 1060. The third-order valence-corrected chi connectivity index (χ3v) is 6.56. The minimum atomic E-state index is -4.35. The molecule has 1 saturated carbocycles. The van der Waals surface area contributed by atoms with Gasteiger partial charge in [0.2, 0.25) is 0 Å². The molecule has 7 heteroatoms. The quantitative estimate of drug-likeness (QED) is 0.577. The van der Waals surface area contributed by atoms with E-state index in [-0.39, 0.29) is 0 Å². The highest BCUT2D eigenvalue weighted by Crippen LogP contribution is 2.34. The molecule has 0 radical (unpaired) electrons. The maximum atomic E-state index is 12.9. The number of piperidine rings is 1. The van der Waals surface area contributed by atoms with Crippen LogP contribution in [-0.2, 0) is 6.18 Å². The third kappa shape index (κ3) is 4.11. The largest absolute Gasteiger partial charge is 0.416 e. The maximum Gasteiger partial charge on any atom is 0.416 e. The van der Waals surface area contributed by atoms with Gasteiger partial charge in [-0.25, -0.2) is 0 Å². The van der Waals surface area contributed by atoms with Crippen LogP contribution in [0, 0.1) is 0 Å². The van der Waals surface area contributed by atoms with Crippen LogP contribution < -0.4 is 5.32 Å². The number of anilines is 1. The fourth-order valence-electron chi connectivity index (χ4n) is 4.64. The Labute approximate surface area is 179 Å². The summed E-state index contributed by atoms with van der Waals surface area (Å²) in [5.74, 6) is 0.742. The molecule has 2 aromatic carbocycles. The second-order valence-electron chi connectivity index (χ2n) is 8.58. The molecular formula is C24H25F3N4. The van der Waals surface area contributed by atoms with Crippen LogP contribution in [0.2, 0.25) is 0 Å². The van der Waals surface area contributed by atoms with E-state index in [0.29, 0.717) is 17.3 Å². The summed E-state index contributed by atoms with van der Waals surface area (Å²) in [7, 11) is 0. The van der Waals surface area contributed by atoms with Crippen LogP contribution in [0.5, 0.6) is 0 Å². The summed E-state index contributed by atoms with van der Waals surface area (Å²) in [6, 6.07) is 14.0. The Morgan fingerprint density at radius 2 is 1.61 bits per heavy atom. The van der Waals surface area contributed by atoms with Crippen molar-refractivity contribution in [3.05, 3.63) is 54.1 Å². The van der Waals surface area contributed by atoms with E-state index in [9.17, 15) is 13.2 Å². The number of nitrogens with one attached hydrogen (secondary N) is 1. The summed E-state index contributed by atoms with van der Waals surface area (Å²) in [6.45, 7) is 2.18. The van der Waals surface area contributed by atoms with Crippen LogP contribution >= 0.6 is 0 Å². The highest BCUT2D eigenvalue weighted by atomic mass is 19.4. The van der Waals surface area contributed by atoms with Gasteiger partial charge in [-0.2, -0.15) is 13.2 Å². The molecular weight excluding hydrogens is 401 g/mol. The molecule has 2 aliphatic rings. The molecule has 0 spiro atoms. The second-order valence-corrected chi connectivity index (χ2v) is 8.58. The van der Waals surface area contributed by atoms with E-state index in [0.717, 1.165) is 47.7 Å². The first kappa shape index (κ1) is 20.2. The van der Waals surface area contributed by atoms with Gasteiger partial charge in [0.05, 0.1) is 5.56 Å². The molecule has 1 atom stereocenters. The van der Waals surface area contributed by atoms with Gasteiger partial charge in [0.15, 0.2) is 5.82 Å². The Morgan fingerprint density at radius 1 is 0.871 bits per heavy atom. The number of hydrogen-bond acceptors (Lipinski definition) is 4. The molecule has 1 N–H and O–H groups in total. The van der Waals surface area contributed by atoms with Crippen molar-refractivity contribution in [2.45, 2.75) is 50.4 Å². The van der Waals surface area contributed by atoms with Gasteiger partial charge < -0.3 is 5.32 Å². The van der Waals surface area contributed by atoms with E-state index in [1.807, 2.05) is 24.3 Å². The summed E-state index contributed by atoms with van der Waals surface area (Å²) >= 11 is 0. The van der Waals surface area contributed by atoms with Crippen molar-refractivity contribution >= 4 is 16.6 Å². The Hall–Kier alpha value is -2.67. The van der Waals surface area contributed by atoms with Crippen molar-refractivity contribution in [3.8, 4) is 11.3 Å². The van der Waals surface area contributed by atoms with E-state index in [1.54, 1.807) is 0 Å². The van der Waals surface area contributed by atoms with Crippen LogP contribution in [-0.4, -0.2) is 40.3 Å². The SMILES string of the molecule is FC(F)(F)c1ccc(-c2nnc(NC3CCCN(C4CCC4)C3)c3ccccc23)cc1. The topological polar surface area (TPSA) is 41.1 Å². The van der Waals surface area contributed by atoms with E-state index in [4.69, 9.17) is 0 Å². The number of halogens is 3. The first-order valence-corrected chi connectivity index (χ1v) is 10.9. The third-order valence-electron chi connectivity index (χ3n) is 6.56. The molecule has 0 bridgehead atoms. The summed E-state index contributed by atoms with van der Waals surface area (Å²) in [5.41, 5.74) is 0.548. The highest BCUT2D eigenvalue weighted by molar-refractivity contribution is 6.00. The predicted octanol–water partition coefficient (Wildman–Crippen LogP) is 5.74.